The summed E-state index contributed by atoms with van der Waals surface area (Å²) in [6.45, 7) is 0.570. The number of hydrogen-bond donors (Lipinski definition) is 1. The van der Waals surface area contributed by atoms with Crippen molar-refractivity contribution in [1.82, 2.24) is 30.0 Å². The zero-order chi connectivity index (χ0) is 11.7. The van der Waals surface area contributed by atoms with Crippen LogP contribution in [0.2, 0.25) is 0 Å². The fourth-order valence-electron chi connectivity index (χ4n) is 2.36. The summed E-state index contributed by atoms with van der Waals surface area (Å²) in [6.07, 6.45) is 8.27. The van der Waals surface area contributed by atoms with E-state index in [1.807, 2.05) is 4.68 Å². The van der Waals surface area contributed by atoms with E-state index >= 15 is 0 Å². The SMILES string of the molecule is Nc1cnn(Cc2nnnn2C2CCCC2)c1. The van der Waals surface area contributed by atoms with Crippen LogP contribution in [0.5, 0.6) is 0 Å². The van der Waals surface area contributed by atoms with Gasteiger partial charge in [-0.1, -0.05) is 12.8 Å². The molecule has 2 heterocycles. The van der Waals surface area contributed by atoms with E-state index in [2.05, 4.69) is 20.6 Å². The molecular formula is C10H15N7. The Bertz CT molecular complexity index is 494. The predicted octanol–water partition coefficient (Wildman–Crippen LogP) is 0.615. The van der Waals surface area contributed by atoms with Gasteiger partial charge in [0.15, 0.2) is 5.82 Å². The lowest BCUT2D eigenvalue weighted by Crippen LogP contribution is -2.14. The molecule has 17 heavy (non-hydrogen) atoms. The molecule has 7 heteroatoms. The van der Waals surface area contributed by atoms with Crippen molar-refractivity contribution in [2.24, 2.45) is 0 Å². The van der Waals surface area contributed by atoms with E-state index in [0.29, 0.717) is 18.3 Å². The molecule has 0 atom stereocenters. The first-order valence-electron chi connectivity index (χ1n) is 5.87. The van der Waals surface area contributed by atoms with Gasteiger partial charge in [-0.2, -0.15) is 5.10 Å². The third-order valence-corrected chi connectivity index (χ3v) is 3.19. The lowest BCUT2D eigenvalue weighted by Gasteiger charge is -2.10. The van der Waals surface area contributed by atoms with Gasteiger partial charge in [0.2, 0.25) is 0 Å². The Labute approximate surface area is 98.6 Å². The van der Waals surface area contributed by atoms with E-state index in [1.165, 1.54) is 25.7 Å². The van der Waals surface area contributed by atoms with Crippen LogP contribution in [0.15, 0.2) is 12.4 Å². The summed E-state index contributed by atoms with van der Waals surface area (Å²) < 4.78 is 3.69. The van der Waals surface area contributed by atoms with Gasteiger partial charge in [0.25, 0.3) is 0 Å². The van der Waals surface area contributed by atoms with E-state index in [0.717, 1.165) is 5.82 Å². The second-order valence-electron chi connectivity index (χ2n) is 4.45. The Hall–Kier alpha value is -1.92. The fourth-order valence-corrected chi connectivity index (χ4v) is 2.36. The average Bonchev–Trinajstić information content (AvgIpc) is 3.00. The summed E-state index contributed by atoms with van der Waals surface area (Å²) in [5.74, 6) is 0.847. The quantitative estimate of drug-likeness (QED) is 0.839. The van der Waals surface area contributed by atoms with Gasteiger partial charge in [0, 0.05) is 6.20 Å². The Morgan fingerprint density at radius 1 is 1.35 bits per heavy atom. The molecule has 0 saturated heterocycles. The lowest BCUT2D eigenvalue weighted by atomic mass is 10.2. The molecular weight excluding hydrogens is 218 g/mol. The molecule has 0 radical (unpaired) electrons. The van der Waals surface area contributed by atoms with E-state index < -0.39 is 0 Å². The minimum absolute atomic E-state index is 0.452. The van der Waals surface area contributed by atoms with Crippen molar-refractivity contribution in [2.75, 3.05) is 5.73 Å². The summed E-state index contributed by atoms with van der Waals surface area (Å²) in [6, 6.07) is 0.452. The number of nitrogens with zero attached hydrogens (tertiary/aromatic N) is 6. The largest absolute Gasteiger partial charge is 0.396 e. The predicted molar refractivity (Wildman–Crippen MR) is 61.1 cm³/mol. The van der Waals surface area contributed by atoms with Crippen LogP contribution in [0.3, 0.4) is 0 Å². The number of tetrazole rings is 1. The first-order chi connectivity index (χ1) is 8.33. The highest BCUT2D eigenvalue weighted by molar-refractivity contribution is 5.30. The number of anilines is 1. The molecule has 2 N–H and O–H groups in total. The van der Waals surface area contributed by atoms with Crippen LogP contribution >= 0.6 is 0 Å². The van der Waals surface area contributed by atoms with Gasteiger partial charge in [-0.05, 0) is 23.3 Å². The van der Waals surface area contributed by atoms with E-state index in [1.54, 1.807) is 17.1 Å². The molecule has 1 aliphatic rings. The van der Waals surface area contributed by atoms with Gasteiger partial charge >= 0.3 is 0 Å². The zero-order valence-electron chi connectivity index (χ0n) is 9.53. The maximum absolute atomic E-state index is 5.63. The van der Waals surface area contributed by atoms with Crippen LogP contribution in [0.1, 0.15) is 37.5 Å². The van der Waals surface area contributed by atoms with Gasteiger partial charge in [-0.15, -0.1) is 5.10 Å². The molecule has 1 aliphatic carbocycles. The second-order valence-corrected chi connectivity index (χ2v) is 4.45. The highest BCUT2D eigenvalue weighted by Crippen LogP contribution is 2.29. The van der Waals surface area contributed by atoms with Crippen LogP contribution in [-0.4, -0.2) is 30.0 Å². The molecule has 0 aromatic carbocycles. The second kappa shape index (κ2) is 4.15. The first-order valence-corrected chi connectivity index (χ1v) is 5.87. The Kier molecular flexibility index (Phi) is 2.50. The van der Waals surface area contributed by atoms with E-state index in [-0.39, 0.29) is 0 Å². The molecule has 3 rings (SSSR count). The highest BCUT2D eigenvalue weighted by atomic mass is 15.6. The molecule has 0 spiro atoms. The summed E-state index contributed by atoms with van der Waals surface area (Å²) in [4.78, 5) is 0. The molecule has 2 aromatic heterocycles. The molecule has 0 aliphatic heterocycles. The summed E-state index contributed by atoms with van der Waals surface area (Å²) in [5, 5.41) is 16.1. The molecule has 0 bridgehead atoms. The maximum Gasteiger partial charge on any atom is 0.173 e. The minimum atomic E-state index is 0.452. The maximum atomic E-state index is 5.63. The topological polar surface area (TPSA) is 87.4 Å². The molecule has 1 fully saturated rings. The van der Waals surface area contributed by atoms with Crippen molar-refractivity contribution in [3.63, 3.8) is 0 Å². The van der Waals surface area contributed by atoms with Crippen LogP contribution in [-0.2, 0) is 6.54 Å². The number of aromatic nitrogens is 6. The molecule has 2 aromatic rings. The molecule has 7 nitrogen and oxygen atoms in total. The first kappa shape index (κ1) is 10.2. The number of hydrogen-bond acceptors (Lipinski definition) is 5. The number of nitrogen functional groups attached to an aromatic ring is 1. The molecule has 1 saturated carbocycles. The highest BCUT2D eigenvalue weighted by Gasteiger charge is 2.21. The minimum Gasteiger partial charge on any atom is -0.396 e. The van der Waals surface area contributed by atoms with Crippen molar-refractivity contribution in [2.45, 2.75) is 38.3 Å². The smallest absolute Gasteiger partial charge is 0.173 e. The van der Waals surface area contributed by atoms with Crippen LogP contribution < -0.4 is 5.73 Å². The van der Waals surface area contributed by atoms with Crippen LogP contribution in [0, 0.1) is 0 Å². The summed E-state index contributed by atoms with van der Waals surface area (Å²) in [7, 11) is 0. The Morgan fingerprint density at radius 2 is 2.18 bits per heavy atom. The van der Waals surface area contributed by atoms with Crippen molar-refractivity contribution in [1.29, 1.82) is 0 Å². The monoisotopic (exact) mass is 233 g/mol. The Balaban J connectivity index is 1.81. The van der Waals surface area contributed by atoms with Gasteiger partial charge in [0.05, 0.1) is 17.9 Å². The van der Waals surface area contributed by atoms with E-state index in [4.69, 9.17) is 5.73 Å². The van der Waals surface area contributed by atoms with Crippen molar-refractivity contribution in [3.8, 4) is 0 Å². The van der Waals surface area contributed by atoms with Crippen molar-refractivity contribution in [3.05, 3.63) is 18.2 Å². The standard InChI is InChI=1S/C10H15N7/c11-8-5-12-16(6-8)7-10-13-14-15-17(10)9-3-1-2-4-9/h5-6,9H,1-4,7,11H2. The van der Waals surface area contributed by atoms with Gasteiger partial charge in [-0.25, -0.2) is 4.68 Å². The fraction of sp³-hybridized carbons (Fsp3) is 0.600. The summed E-state index contributed by atoms with van der Waals surface area (Å²) >= 11 is 0. The summed E-state index contributed by atoms with van der Waals surface area (Å²) in [5.41, 5.74) is 6.28. The number of rotatable bonds is 3. The third-order valence-electron chi connectivity index (χ3n) is 3.19. The third kappa shape index (κ3) is 2.00. The van der Waals surface area contributed by atoms with Crippen molar-refractivity contribution >= 4 is 5.69 Å². The average molecular weight is 233 g/mol. The van der Waals surface area contributed by atoms with Gasteiger partial charge in [-0.3, -0.25) is 4.68 Å². The van der Waals surface area contributed by atoms with Gasteiger partial charge < -0.3 is 5.73 Å². The zero-order valence-corrected chi connectivity index (χ0v) is 9.53. The van der Waals surface area contributed by atoms with Crippen LogP contribution in [0.25, 0.3) is 0 Å². The molecule has 0 amide bonds. The lowest BCUT2D eigenvalue weighted by molar-refractivity contribution is 0.429. The molecule has 0 unspecified atom stereocenters. The van der Waals surface area contributed by atoms with Gasteiger partial charge in [0.1, 0.15) is 6.54 Å². The van der Waals surface area contributed by atoms with E-state index in [9.17, 15) is 0 Å². The van der Waals surface area contributed by atoms with Crippen molar-refractivity contribution < 1.29 is 0 Å². The normalized spacial score (nSPS) is 16.7. The van der Waals surface area contributed by atoms with Crippen LogP contribution in [0.4, 0.5) is 5.69 Å². The Morgan fingerprint density at radius 3 is 2.88 bits per heavy atom. The molecule has 90 valence electrons. The number of nitrogens with two attached hydrogens (primary N) is 1.